The van der Waals surface area contributed by atoms with Crippen LogP contribution >= 0.6 is 11.6 Å². The van der Waals surface area contributed by atoms with Crippen molar-refractivity contribution in [3.05, 3.63) is 113 Å². The Bertz CT molecular complexity index is 1530. The first-order chi connectivity index (χ1) is 19.5. The summed E-state index contributed by atoms with van der Waals surface area (Å²) in [5.74, 6) is -0.382. The molecule has 0 fully saturated rings. The molecule has 0 unspecified atom stereocenters. The number of likely N-dealkylation sites (N-methyl/N-ethyl adjacent to an activating group) is 1. The largest absolute Gasteiger partial charge is 0.355 e. The predicted octanol–water partition coefficient (Wildman–Crippen LogP) is 6.01. The highest BCUT2D eigenvalue weighted by Gasteiger charge is 2.32. The van der Waals surface area contributed by atoms with Crippen molar-refractivity contribution in [2.45, 2.75) is 38.8 Å². The first-order valence-electron chi connectivity index (χ1n) is 13.7. The molecular weight excluding hydrogens is 522 g/mol. The Morgan fingerprint density at radius 2 is 1.65 bits per heavy atom. The van der Waals surface area contributed by atoms with Gasteiger partial charge < -0.3 is 15.1 Å². The molecule has 3 amide bonds. The highest BCUT2D eigenvalue weighted by molar-refractivity contribution is 6.30. The lowest BCUT2D eigenvalue weighted by atomic mass is 10.0. The number of hydrogen-bond donors (Lipinski definition) is 1. The van der Waals surface area contributed by atoms with Crippen molar-refractivity contribution in [2.75, 3.05) is 18.0 Å². The third kappa shape index (κ3) is 5.87. The van der Waals surface area contributed by atoms with Gasteiger partial charge in [0.15, 0.2) is 0 Å². The van der Waals surface area contributed by atoms with Gasteiger partial charge in [0.2, 0.25) is 11.8 Å². The van der Waals surface area contributed by atoms with Gasteiger partial charge >= 0.3 is 0 Å². The van der Waals surface area contributed by atoms with E-state index in [0.717, 1.165) is 27.6 Å². The second-order valence-electron chi connectivity index (χ2n) is 9.99. The standard InChI is InChI=1S/C33H32ClN3O3/c1-2-35-32(39)29(21-23-10-4-3-5-11-23)37(22-24-12-6-15-26(34)20-24)30(38)18-9-19-36-28-17-8-14-25-13-7-16-27(31(25)28)33(36)40/h3-8,10-17,20,29H,2,9,18-19,21-22H2,1H3,(H,35,39)/t29-/m1/s1. The van der Waals surface area contributed by atoms with Crippen LogP contribution in [0, 0.1) is 0 Å². The summed E-state index contributed by atoms with van der Waals surface area (Å²) in [6, 6.07) is 28.0. The minimum Gasteiger partial charge on any atom is -0.355 e. The molecule has 6 nitrogen and oxygen atoms in total. The Morgan fingerprint density at radius 1 is 0.925 bits per heavy atom. The Labute approximate surface area is 239 Å². The molecule has 0 aromatic heterocycles. The zero-order valence-electron chi connectivity index (χ0n) is 22.5. The van der Waals surface area contributed by atoms with Gasteiger partial charge in [0.05, 0.1) is 5.69 Å². The second kappa shape index (κ2) is 12.3. The van der Waals surface area contributed by atoms with Gasteiger partial charge in [0.1, 0.15) is 6.04 Å². The average Bonchev–Trinajstić information content (AvgIpc) is 3.23. The van der Waals surface area contributed by atoms with Gasteiger partial charge in [0.25, 0.3) is 5.91 Å². The number of rotatable bonds is 11. The number of halogens is 1. The summed E-state index contributed by atoms with van der Waals surface area (Å²) in [5, 5.41) is 5.48. The lowest BCUT2D eigenvalue weighted by molar-refractivity contribution is -0.141. The van der Waals surface area contributed by atoms with E-state index in [1.54, 1.807) is 15.9 Å². The van der Waals surface area contributed by atoms with Crippen molar-refractivity contribution in [3.8, 4) is 0 Å². The molecule has 4 aromatic carbocycles. The van der Waals surface area contributed by atoms with Crippen molar-refractivity contribution in [1.82, 2.24) is 10.2 Å². The number of benzene rings is 4. The quantitative estimate of drug-likeness (QED) is 0.247. The van der Waals surface area contributed by atoms with Crippen molar-refractivity contribution in [1.29, 1.82) is 0 Å². The third-order valence-corrected chi connectivity index (χ3v) is 7.52. The Balaban J connectivity index is 1.36. The summed E-state index contributed by atoms with van der Waals surface area (Å²) in [6.07, 6.45) is 1.05. The van der Waals surface area contributed by atoms with E-state index in [-0.39, 0.29) is 30.7 Å². The number of amides is 3. The van der Waals surface area contributed by atoms with E-state index < -0.39 is 6.04 Å². The van der Waals surface area contributed by atoms with Crippen LogP contribution in [0.15, 0.2) is 91.0 Å². The Kier molecular flexibility index (Phi) is 8.46. The molecule has 0 bridgehead atoms. The van der Waals surface area contributed by atoms with Gasteiger partial charge in [-0.3, -0.25) is 14.4 Å². The average molecular weight is 554 g/mol. The van der Waals surface area contributed by atoms with Gasteiger partial charge in [-0.2, -0.15) is 0 Å². The molecule has 1 atom stereocenters. The molecular formula is C33H32ClN3O3. The van der Waals surface area contributed by atoms with Gasteiger partial charge in [-0.05, 0) is 54.1 Å². The molecule has 0 saturated carbocycles. The second-order valence-corrected chi connectivity index (χ2v) is 10.4. The summed E-state index contributed by atoms with van der Waals surface area (Å²) in [7, 11) is 0. The molecule has 0 radical (unpaired) electrons. The molecule has 1 N–H and O–H groups in total. The van der Waals surface area contributed by atoms with Crippen LogP contribution in [-0.2, 0) is 22.6 Å². The van der Waals surface area contributed by atoms with Crippen LogP contribution in [0.5, 0.6) is 0 Å². The molecule has 1 heterocycles. The van der Waals surface area contributed by atoms with Crippen LogP contribution < -0.4 is 10.2 Å². The molecule has 1 aliphatic rings. The van der Waals surface area contributed by atoms with Gasteiger partial charge in [-0.25, -0.2) is 0 Å². The first-order valence-corrected chi connectivity index (χ1v) is 14.0. The molecule has 40 heavy (non-hydrogen) atoms. The summed E-state index contributed by atoms with van der Waals surface area (Å²) in [5.41, 5.74) is 3.39. The molecule has 7 heteroatoms. The van der Waals surface area contributed by atoms with E-state index >= 15 is 0 Å². The highest BCUT2D eigenvalue weighted by atomic mass is 35.5. The van der Waals surface area contributed by atoms with Gasteiger partial charge in [-0.1, -0.05) is 78.3 Å². The maximum absolute atomic E-state index is 13.8. The van der Waals surface area contributed by atoms with Crippen LogP contribution in [-0.4, -0.2) is 41.8 Å². The zero-order valence-corrected chi connectivity index (χ0v) is 23.2. The van der Waals surface area contributed by atoms with Crippen molar-refractivity contribution < 1.29 is 14.4 Å². The fraction of sp³-hybridized carbons (Fsp3) is 0.242. The van der Waals surface area contributed by atoms with Crippen LogP contribution in [0.1, 0.15) is 41.3 Å². The van der Waals surface area contributed by atoms with Crippen molar-refractivity contribution in [2.24, 2.45) is 0 Å². The number of nitrogens with zero attached hydrogens (tertiary/aromatic N) is 2. The molecule has 4 aromatic rings. The van der Waals surface area contributed by atoms with E-state index in [9.17, 15) is 14.4 Å². The highest BCUT2D eigenvalue weighted by Crippen LogP contribution is 2.37. The predicted molar refractivity (Wildman–Crippen MR) is 159 cm³/mol. The van der Waals surface area contributed by atoms with Crippen LogP contribution in [0.4, 0.5) is 5.69 Å². The molecule has 0 spiro atoms. The summed E-state index contributed by atoms with van der Waals surface area (Å²) in [4.78, 5) is 43.8. The number of carbonyl (C=O) groups is 3. The minimum absolute atomic E-state index is 0.0423. The lowest BCUT2D eigenvalue weighted by Gasteiger charge is -2.32. The summed E-state index contributed by atoms with van der Waals surface area (Å²) >= 11 is 6.25. The third-order valence-electron chi connectivity index (χ3n) is 7.29. The lowest BCUT2D eigenvalue weighted by Crippen LogP contribution is -2.50. The number of anilines is 1. The first kappa shape index (κ1) is 27.4. The number of nitrogens with one attached hydrogen (secondary N) is 1. The topological polar surface area (TPSA) is 69.7 Å². The maximum Gasteiger partial charge on any atom is 0.258 e. The maximum atomic E-state index is 13.8. The molecule has 0 saturated heterocycles. The van der Waals surface area contributed by atoms with E-state index in [1.165, 1.54) is 0 Å². The molecule has 1 aliphatic heterocycles. The summed E-state index contributed by atoms with van der Waals surface area (Å²) < 4.78 is 0. The van der Waals surface area contributed by atoms with E-state index in [0.29, 0.717) is 36.5 Å². The Morgan fingerprint density at radius 3 is 2.40 bits per heavy atom. The van der Waals surface area contributed by atoms with E-state index in [2.05, 4.69) is 5.32 Å². The molecule has 204 valence electrons. The SMILES string of the molecule is CCNC(=O)[C@@H](Cc1ccccc1)N(Cc1cccc(Cl)c1)C(=O)CCCN1C(=O)c2cccc3cccc1c23. The smallest absolute Gasteiger partial charge is 0.258 e. The van der Waals surface area contributed by atoms with Gasteiger partial charge in [-0.15, -0.1) is 0 Å². The van der Waals surface area contributed by atoms with Crippen molar-refractivity contribution >= 4 is 45.8 Å². The number of carbonyl (C=O) groups excluding carboxylic acids is 3. The van der Waals surface area contributed by atoms with Crippen LogP contribution in [0.2, 0.25) is 5.02 Å². The summed E-state index contributed by atoms with van der Waals surface area (Å²) in [6.45, 7) is 2.99. The fourth-order valence-corrected chi connectivity index (χ4v) is 5.62. The minimum atomic E-state index is -0.694. The fourth-order valence-electron chi connectivity index (χ4n) is 5.41. The van der Waals surface area contributed by atoms with E-state index in [4.69, 9.17) is 11.6 Å². The zero-order chi connectivity index (χ0) is 28.1. The normalized spacial score (nSPS) is 12.9. The Hall–Kier alpha value is -4.16. The number of hydrogen-bond acceptors (Lipinski definition) is 3. The molecule has 0 aliphatic carbocycles. The molecule has 5 rings (SSSR count). The van der Waals surface area contributed by atoms with Crippen LogP contribution in [0.25, 0.3) is 10.8 Å². The monoisotopic (exact) mass is 553 g/mol. The van der Waals surface area contributed by atoms with Crippen LogP contribution in [0.3, 0.4) is 0 Å². The van der Waals surface area contributed by atoms with E-state index in [1.807, 2.05) is 91.9 Å². The van der Waals surface area contributed by atoms with Gasteiger partial charge in [0, 0.05) is 48.4 Å². The van der Waals surface area contributed by atoms with Crippen molar-refractivity contribution in [3.63, 3.8) is 0 Å².